The molecule has 1 aliphatic rings. The molecule has 1 saturated heterocycles. The Labute approximate surface area is 149 Å². The molecule has 3 rings (SSSR count). The van der Waals surface area contributed by atoms with Crippen LogP contribution in [0.2, 0.25) is 0 Å². The van der Waals surface area contributed by atoms with Crippen LogP contribution in [0.5, 0.6) is 0 Å². The highest BCUT2D eigenvalue weighted by Gasteiger charge is 2.51. The summed E-state index contributed by atoms with van der Waals surface area (Å²) in [6.45, 7) is 3.35. The topological polar surface area (TPSA) is 91.4 Å². The summed E-state index contributed by atoms with van der Waals surface area (Å²) in [4.78, 5) is 43.4. The Hall–Kier alpha value is -2.74. The summed E-state index contributed by atoms with van der Waals surface area (Å²) in [5.41, 5.74) is -0.426. The molecule has 1 aromatic carbocycles. The molecule has 2 heterocycles. The second-order valence-corrected chi connectivity index (χ2v) is 7.01. The lowest BCUT2D eigenvalue weighted by atomic mass is 9.87. The van der Waals surface area contributed by atoms with Crippen molar-refractivity contribution in [1.82, 2.24) is 15.2 Å². The Bertz CT molecular complexity index is 820. The summed E-state index contributed by atoms with van der Waals surface area (Å²) >= 11 is 1.33. The summed E-state index contributed by atoms with van der Waals surface area (Å²) < 4.78 is 0. The first kappa shape index (κ1) is 17.1. The van der Waals surface area contributed by atoms with Crippen LogP contribution in [-0.4, -0.2) is 34.3 Å². The van der Waals surface area contributed by atoms with Crippen molar-refractivity contribution in [2.75, 3.05) is 11.9 Å². The van der Waals surface area contributed by atoms with Gasteiger partial charge < -0.3 is 10.6 Å². The quantitative estimate of drug-likeness (QED) is 0.802. The fourth-order valence-corrected chi connectivity index (χ4v) is 3.53. The van der Waals surface area contributed by atoms with Crippen molar-refractivity contribution in [1.29, 1.82) is 0 Å². The number of carbonyl (C=O) groups is 3. The van der Waals surface area contributed by atoms with Crippen LogP contribution in [0.4, 0.5) is 9.93 Å². The average molecular weight is 358 g/mol. The number of nitrogens with one attached hydrogen (secondary N) is 2. The van der Waals surface area contributed by atoms with E-state index in [2.05, 4.69) is 15.6 Å². The molecule has 4 amide bonds. The molecule has 1 atom stereocenters. The number of hydrogen-bond donors (Lipinski definition) is 2. The maximum absolute atomic E-state index is 12.9. The summed E-state index contributed by atoms with van der Waals surface area (Å²) in [5, 5.41) is 5.81. The standard InChI is InChI=1S/C17H18N4O3S/c1-3-17(12-7-5-4-6-8-12)14(23)21(16(24)20-17)10-13(22)19-15-18-9-11(2)25-15/h4-9H,3,10H2,1-2H3,(H,20,24)(H,18,19,22)/t17-/m1/s1. The predicted octanol–water partition coefficient (Wildman–Crippen LogP) is 2.25. The third-order valence-electron chi connectivity index (χ3n) is 4.14. The van der Waals surface area contributed by atoms with Gasteiger partial charge >= 0.3 is 6.03 Å². The highest BCUT2D eigenvalue weighted by Crippen LogP contribution is 2.32. The smallest absolute Gasteiger partial charge is 0.319 e. The molecule has 1 fully saturated rings. The second-order valence-electron chi connectivity index (χ2n) is 5.77. The zero-order valence-electron chi connectivity index (χ0n) is 13.9. The van der Waals surface area contributed by atoms with Crippen LogP contribution < -0.4 is 10.6 Å². The number of aromatic nitrogens is 1. The molecule has 25 heavy (non-hydrogen) atoms. The molecule has 0 radical (unpaired) electrons. The second kappa shape index (κ2) is 6.64. The summed E-state index contributed by atoms with van der Waals surface area (Å²) in [7, 11) is 0. The maximum atomic E-state index is 12.9. The van der Waals surface area contributed by atoms with Gasteiger partial charge in [0.1, 0.15) is 12.1 Å². The molecule has 0 unspecified atom stereocenters. The van der Waals surface area contributed by atoms with E-state index in [4.69, 9.17) is 0 Å². The number of aryl methyl sites for hydroxylation is 1. The van der Waals surface area contributed by atoms with E-state index in [1.807, 2.05) is 32.0 Å². The monoisotopic (exact) mass is 358 g/mol. The van der Waals surface area contributed by atoms with E-state index < -0.39 is 23.4 Å². The van der Waals surface area contributed by atoms with Gasteiger partial charge in [-0.15, -0.1) is 11.3 Å². The van der Waals surface area contributed by atoms with Crippen molar-refractivity contribution in [3.05, 3.63) is 47.0 Å². The summed E-state index contributed by atoms with van der Waals surface area (Å²) in [5.74, 6) is -0.880. The van der Waals surface area contributed by atoms with Crippen LogP contribution in [0.25, 0.3) is 0 Å². The summed E-state index contributed by atoms with van der Waals surface area (Å²) in [6.07, 6.45) is 2.04. The molecule has 1 aromatic heterocycles. The first-order valence-electron chi connectivity index (χ1n) is 7.88. The SMILES string of the molecule is CC[C@]1(c2ccccc2)NC(=O)N(CC(=O)Nc2ncc(C)s2)C1=O. The van der Waals surface area contributed by atoms with Gasteiger partial charge in [0.25, 0.3) is 5.91 Å². The van der Waals surface area contributed by atoms with Crippen LogP contribution in [0, 0.1) is 6.92 Å². The number of anilines is 1. The molecule has 0 saturated carbocycles. The van der Waals surface area contributed by atoms with Gasteiger partial charge in [0, 0.05) is 11.1 Å². The zero-order chi connectivity index (χ0) is 18.0. The van der Waals surface area contributed by atoms with Gasteiger partial charge in [-0.3, -0.25) is 14.5 Å². The van der Waals surface area contributed by atoms with Crippen molar-refractivity contribution < 1.29 is 14.4 Å². The molecular formula is C17H18N4O3S. The first-order valence-corrected chi connectivity index (χ1v) is 8.70. The number of imide groups is 1. The fraction of sp³-hybridized carbons (Fsp3) is 0.294. The molecule has 2 N–H and O–H groups in total. The van der Waals surface area contributed by atoms with Crippen molar-refractivity contribution in [3.63, 3.8) is 0 Å². The van der Waals surface area contributed by atoms with Gasteiger partial charge in [-0.05, 0) is 18.9 Å². The minimum absolute atomic E-state index is 0.349. The van der Waals surface area contributed by atoms with Crippen LogP contribution >= 0.6 is 11.3 Å². The molecule has 0 aliphatic carbocycles. The van der Waals surface area contributed by atoms with Crippen molar-refractivity contribution >= 4 is 34.3 Å². The van der Waals surface area contributed by atoms with E-state index in [9.17, 15) is 14.4 Å². The van der Waals surface area contributed by atoms with E-state index in [0.29, 0.717) is 17.1 Å². The summed E-state index contributed by atoms with van der Waals surface area (Å²) in [6, 6.07) is 8.49. The van der Waals surface area contributed by atoms with E-state index in [1.165, 1.54) is 11.3 Å². The highest BCUT2D eigenvalue weighted by molar-refractivity contribution is 7.15. The molecule has 1 aliphatic heterocycles. The highest BCUT2D eigenvalue weighted by atomic mass is 32.1. The molecule has 0 bridgehead atoms. The largest absolute Gasteiger partial charge is 0.325 e. The molecule has 130 valence electrons. The normalized spacial score (nSPS) is 19.8. The lowest BCUT2D eigenvalue weighted by Crippen LogP contribution is -2.44. The third-order valence-corrected chi connectivity index (χ3v) is 4.97. The predicted molar refractivity (Wildman–Crippen MR) is 94.1 cm³/mol. The van der Waals surface area contributed by atoms with E-state index in [-0.39, 0.29) is 6.54 Å². The number of benzene rings is 1. The Morgan fingerprint density at radius 1 is 1.32 bits per heavy atom. The maximum Gasteiger partial charge on any atom is 0.325 e. The molecule has 7 nitrogen and oxygen atoms in total. The van der Waals surface area contributed by atoms with E-state index >= 15 is 0 Å². The third kappa shape index (κ3) is 3.12. The van der Waals surface area contributed by atoms with Gasteiger partial charge in [-0.1, -0.05) is 37.3 Å². The number of amides is 4. The van der Waals surface area contributed by atoms with Crippen molar-refractivity contribution in [2.24, 2.45) is 0 Å². The fourth-order valence-electron chi connectivity index (χ4n) is 2.85. The number of urea groups is 1. The Balaban J connectivity index is 1.78. The number of carbonyl (C=O) groups excluding carboxylic acids is 3. The number of nitrogens with zero attached hydrogens (tertiary/aromatic N) is 2. The van der Waals surface area contributed by atoms with Gasteiger partial charge in [0.05, 0.1) is 0 Å². The van der Waals surface area contributed by atoms with Gasteiger partial charge in [0.15, 0.2) is 5.13 Å². The van der Waals surface area contributed by atoms with Crippen LogP contribution in [-0.2, 0) is 15.1 Å². The molecular weight excluding hydrogens is 340 g/mol. The number of rotatable bonds is 5. The van der Waals surface area contributed by atoms with E-state index in [0.717, 1.165) is 9.78 Å². The van der Waals surface area contributed by atoms with Gasteiger partial charge in [-0.2, -0.15) is 0 Å². The first-order chi connectivity index (χ1) is 12.0. The lowest BCUT2D eigenvalue weighted by Gasteiger charge is -2.25. The van der Waals surface area contributed by atoms with Crippen LogP contribution in [0.15, 0.2) is 36.5 Å². The number of thiazole rings is 1. The van der Waals surface area contributed by atoms with E-state index in [1.54, 1.807) is 18.3 Å². The van der Waals surface area contributed by atoms with Crippen molar-refractivity contribution in [3.8, 4) is 0 Å². The molecule has 2 aromatic rings. The minimum atomic E-state index is -1.13. The minimum Gasteiger partial charge on any atom is -0.319 e. The Morgan fingerprint density at radius 3 is 2.64 bits per heavy atom. The molecule has 0 spiro atoms. The van der Waals surface area contributed by atoms with Gasteiger partial charge in [-0.25, -0.2) is 9.78 Å². The number of hydrogen-bond acceptors (Lipinski definition) is 5. The Morgan fingerprint density at radius 2 is 2.04 bits per heavy atom. The lowest BCUT2D eigenvalue weighted by molar-refractivity contribution is -0.134. The zero-order valence-corrected chi connectivity index (χ0v) is 14.7. The van der Waals surface area contributed by atoms with Gasteiger partial charge in [0.2, 0.25) is 5.91 Å². The Kier molecular flexibility index (Phi) is 4.54. The van der Waals surface area contributed by atoms with Crippen LogP contribution in [0.1, 0.15) is 23.8 Å². The van der Waals surface area contributed by atoms with Crippen molar-refractivity contribution in [2.45, 2.75) is 25.8 Å². The molecule has 8 heteroatoms. The average Bonchev–Trinajstić information content (AvgIpc) is 3.11. The van der Waals surface area contributed by atoms with Crippen LogP contribution in [0.3, 0.4) is 0 Å².